The van der Waals surface area contributed by atoms with Gasteiger partial charge in [-0.15, -0.1) is 11.3 Å². The molecule has 0 aliphatic rings. The minimum atomic E-state index is -1.02. The zero-order valence-corrected chi connectivity index (χ0v) is 13.7. The van der Waals surface area contributed by atoms with Gasteiger partial charge in [0, 0.05) is 11.1 Å². The van der Waals surface area contributed by atoms with Crippen LogP contribution in [0.15, 0.2) is 6.20 Å². The Labute approximate surface area is 129 Å². The maximum absolute atomic E-state index is 11.9. The molecule has 2 atom stereocenters. The molecule has 1 rings (SSSR count). The third-order valence-electron chi connectivity index (χ3n) is 2.95. The predicted molar refractivity (Wildman–Crippen MR) is 82.5 cm³/mol. The third kappa shape index (κ3) is 5.71. The van der Waals surface area contributed by atoms with Crippen LogP contribution < -0.4 is 10.6 Å². The van der Waals surface area contributed by atoms with Crippen molar-refractivity contribution in [1.29, 1.82) is 0 Å². The van der Waals surface area contributed by atoms with Gasteiger partial charge in [-0.05, 0) is 25.7 Å². The lowest BCUT2D eigenvalue weighted by Gasteiger charge is -2.18. The Hall–Kier alpha value is -1.63. The van der Waals surface area contributed by atoms with Crippen molar-refractivity contribution in [1.82, 2.24) is 15.6 Å². The average Bonchev–Trinajstić information content (AvgIpc) is 2.85. The summed E-state index contributed by atoms with van der Waals surface area (Å²) in [5.41, 5.74) is 0. The van der Waals surface area contributed by atoms with Crippen LogP contribution in [0.3, 0.4) is 0 Å². The van der Waals surface area contributed by atoms with E-state index >= 15 is 0 Å². The average molecular weight is 313 g/mol. The predicted octanol–water partition coefficient (Wildman–Crippen LogP) is 2.57. The van der Waals surface area contributed by atoms with Gasteiger partial charge in [0.15, 0.2) is 0 Å². The van der Waals surface area contributed by atoms with E-state index in [4.69, 9.17) is 5.11 Å². The number of aryl methyl sites for hydroxylation is 1. The van der Waals surface area contributed by atoms with Gasteiger partial charge in [-0.2, -0.15) is 0 Å². The summed E-state index contributed by atoms with van der Waals surface area (Å²) in [7, 11) is 0. The van der Waals surface area contributed by atoms with Crippen LogP contribution in [-0.4, -0.2) is 28.1 Å². The van der Waals surface area contributed by atoms with E-state index in [1.807, 2.05) is 27.7 Å². The van der Waals surface area contributed by atoms with E-state index in [1.54, 1.807) is 17.5 Å². The Balaban J connectivity index is 2.56. The number of hydrogen-bond donors (Lipinski definition) is 3. The Morgan fingerprint density at radius 3 is 2.48 bits per heavy atom. The molecule has 3 N–H and O–H groups in total. The fraction of sp³-hybridized carbons (Fsp3) is 0.643. The van der Waals surface area contributed by atoms with E-state index in [0.29, 0.717) is 6.42 Å². The van der Waals surface area contributed by atoms with Gasteiger partial charge in [-0.3, -0.25) is 0 Å². The number of carboxylic acids is 1. The standard InChI is InChI=1S/C14H23N3O3S/c1-5-10-7-15-12(21-10)9(4)16-14(20)17-11(13(18)19)6-8(2)3/h7-9,11H,5-6H2,1-4H3,(H,18,19)(H2,16,17,20)/t9?,11-/m1/s1. The monoisotopic (exact) mass is 313 g/mol. The molecule has 0 radical (unpaired) electrons. The smallest absolute Gasteiger partial charge is 0.326 e. The number of rotatable bonds is 7. The lowest BCUT2D eigenvalue weighted by Crippen LogP contribution is -2.47. The number of carboxylic acid groups (broad SMARTS) is 1. The molecule has 6 nitrogen and oxygen atoms in total. The molecular formula is C14H23N3O3S. The van der Waals surface area contributed by atoms with Crippen molar-refractivity contribution < 1.29 is 14.7 Å². The highest BCUT2D eigenvalue weighted by molar-refractivity contribution is 7.11. The fourth-order valence-corrected chi connectivity index (χ4v) is 2.70. The van der Waals surface area contributed by atoms with Gasteiger partial charge in [0.1, 0.15) is 11.0 Å². The van der Waals surface area contributed by atoms with Crippen molar-refractivity contribution in [2.45, 2.75) is 52.6 Å². The number of nitrogens with one attached hydrogen (secondary N) is 2. The van der Waals surface area contributed by atoms with Crippen molar-refractivity contribution >= 4 is 23.3 Å². The Morgan fingerprint density at radius 2 is 2.00 bits per heavy atom. The molecule has 0 aromatic carbocycles. The van der Waals surface area contributed by atoms with Crippen LogP contribution >= 0.6 is 11.3 Å². The first-order valence-electron chi connectivity index (χ1n) is 7.07. The molecule has 21 heavy (non-hydrogen) atoms. The number of nitrogens with zero attached hydrogens (tertiary/aromatic N) is 1. The first kappa shape index (κ1) is 17.4. The largest absolute Gasteiger partial charge is 0.480 e. The highest BCUT2D eigenvalue weighted by Gasteiger charge is 2.22. The Bertz CT molecular complexity index is 488. The van der Waals surface area contributed by atoms with Gasteiger partial charge >= 0.3 is 12.0 Å². The summed E-state index contributed by atoms with van der Waals surface area (Å²) < 4.78 is 0. The number of hydrogen-bond acceptors (Lipinski definition) is 4. The summed E-state index contributed by atoms with van der Waals surface area (Å²) in [6.45, 7) is 7.71. The molecule has 118 valence electrons. The van der Waals surface area contributed by atoms with Gasteiger partial charge in [0.05, 0.1) is 6.04 Å². The second kappa shape index (κ2) is 7.97. The quantitative estimate of drug-likeness (QED) is 0.721. The zero-order valence-electron chi connectivity index (χ0n) is 12.8. The molecule has 0 bridgehead atoms. The van der Waals surface area contributed by atoms with E-state index in [9.17, 15) is 9.59 Å². The van der Waals surface area contributed by atoms with E-state index < -0.39 is 18.0 Å². The van der Waals surface area contributed by atoms with Crippen LogP contribution in [0.1, 0.15) is 50.0 Å². The molecule has 1 aromatic rings. The number of carbonyl (C=O) groups excluding carboxylic acids is 1. The minimum Gasteiger partial charge on any atom is -0.480 e. The van der Waals surface area contributed by atoms with Gasteiger partial charge in [0.2, 0.25) is 0 Å². The summed E-state index contributed by atoms with van der Waals surface area (Å²) in [5.74, 6) is -0.830. The molecule has 0 saturated heterocycles. The number of urea groups is 1. The van der Waals surface area contributed by atoms with Gasteiger partial charge in [-0.25, -0.2) is 14.6 Å². The van der Waals surface area contributed by atoms with E-state index in [1.165, 1.54) is 0 Å². The lowest BCUT2D eigenvalue weighted by atomic mass is 10.0. The normalized spacial score (nSPS) is 13.8. The van der Waals surface area contributed by atoms with Gasteiger partial charge < -0.3 is 15.7 Å². The third-order valence-corrected chi connectivity index (χ3v) is 4.27. The molecule has 0 aliphatic carbocycles. The maximum atomic E-state index is 11.9. The molecule has 7 heteroatoms. The lowest BCUT2D eigenvalue weighted by molar-refractivity contribution is -0.139. The van der Waals surface area contributed by atoms with Crippen molar-refractivity contribution in [3.63, 3.8) is 0 Å². The molecule has 0 fully saturated rings. The Kier molecular flexibility index (Phi) is 6.61. The second-order valence-electron chi connectivity index (χ2n) is 5.38. The van der Waals surface area contributed by atoms with Crippen LogP contribution in [0.25, 0.3) is 0 Å². The molecule has 2 amide bonds. The van der Waals surface area contributed by atoms with Crippen LogP contribution in [0.5, 0.6) is 0 Å². The van der Waals surface area contributed by atoms with Crippen molar-refractivity contribution in [2.75, 3.05) is 0 Å². The van der Waals surface area contributed by atoms with Crippen LogP contribution in [0, 0.1) is 5.92 Å². The molecule has 1 unspecified atom stereocenters. The number of amides is 2. The summed E-state index contributed by atoms with van der Waals surface area (Å²) in [6.07, 6.45) is 3.11. The second-order valence-corrected chi connectivity index (χ2v) is 6.53. The van der Waals surface area contributed by atoms with Crippen molar-refractivity contribution in [3.8, 4) is 0 Å². The molecule has 0 spiro atoms. The summed E-state index contributed by atoms with van der Waals surface area (Å²) >= 11 is 1.55. The van der Waals surface area contributed by atoms with Crippen molar-refractivity contribution in [2.24, 2.45) is 5.92 Å². The van der Waals surface area contributed by atoms with Gasteiger partial charge in [-0.1, -0.05) is 20.8 Å². The van der Waals surface area contributed by atoms with Gasteiger partial charge in [0.25, 0.3) is 0 Å². The number of aliphatic carboxylic acids is 1. The molecule has 1 heterocycles. The topological polar surface area (TPSA) is 91.3 Å². The van der Waals surface area contributed by atoms with E-state index in [0.717, 1.165) is 16.3 Å². The summed E-state index contributed by atoms with van der Waals surface area (Å²) in [5, 5.41) is 15.1. The molecule has 0 saturated carbocycles. The molecular weight excluding hydrogens is 290 g/mol. The zero-order chi connectivity index (χ0) is 16.0. The first-order valence-corrected chi connectivity index (χ1v) is 7.89. The SMILES string of the molecule is CCc1cnc(C(C)NC(=O)N[C@H](CC(C)C)C(=O)O)s1. The van der Waals surface area contributed by atoms with Crippen LogP contribution in [-0.2, 0) is 11.2 Å². The Morgan fingerprint density at radius 1 is 1.33 bits per heavy atom. The van der Waals surface area contributed by atoms with Crippen LogP contribution in [0.2, 0.25) is 0 Å². The minimum absolute atomic E-state index is 0.190. The maximum Gasteiger partial charge on any atom is 0.326 e. The van der Waals surface area contributed by atoms with E-state index in [2.05, 4.69) is 15.6 Å². The van der Waals surface area contributed by atoms with Crippen LogP contribution in [0.4, 0.5) is 4.79 Å². The molecule has 0 aliphatic heterocycles. The summed E-state index contributed by atoms with van der Waals surface area (Å²) in [6, 6.07) is -1.60. The summed E-state index contributed by atoms with van der Waals surface area (Å²) in [4.78, 5) is 28.4. The number of thiazole rings is 1. The van der Waals surface area contributed by atoms with E-state index in [-0.39, 0.29) is 12.0 Å². The highest BCUT2D eigenvalue weighted by atomic mass is 32.1. The fourth-order valence-electron chi connectivity index (χ4n) is 1.84. The first-order chi connectivity index (χ1) is 9.83. The van der Waals surface area contributed by atoms with Crippen molar-refractivity contribution in [3.05, 3.63) is 16.1 Å². The highest BCUT2D eigenvalue weighted by Crippen LogP contribution is 2.20. The number of aromatic nitrogens is 1. The number of carbonyl (C=O) groups is 2. The molecule has 1 aromatic heterocycles.